The van der Waals surface area contributed by atoms with Crippen LogP contribution in [0.25, 0.3) is 0 Å². The van der Waals surface area contributed by atoms with Crippen LogP contribution in [-0.2, 0) is 11.3 Å². The van der Waals surface area contributed by atoms with E-state index in [0.717, 1.165) is 17.0 Å². The Balaban J connectivity index is 2.49. The van der Waals surface area contributed by atoms with Gasteiger partial charge in [0.25, 0.3) is 0 Å². The molecule has 1 aromatic heterocycles. The van der Waals surface area contributed by atoms with Gasteiger partial charge >= 0.3 is 0 Å². The first kappa shape index (κ1) is 9.73. The van der Waals surface area contributed by atoms with Gasteiger partial charge in [-0.25, -0.2) is 0 Å². The van der Waals surface area contributed by atoms with Crippen LogP contribution in [-0.4, -0.2) is 17.6 Å². The maximum absolute atomic E-state index is 10.4. The predicted octanol–water partition coefficient (Wildman–Crippen LogP) is -0.134. The highest BCUT2D eigenvalue weighted by Gasteiger charge is 2.07. The zero-order chi connectivity index (χ0) is 9.84. The highest BCUT2D eigenvalue weighted by atomic mass is 16.5. The number of hydrogen-bond donors (Lipinski definition) is 2. The molecule has 0 aromatic carbocycles. The molecule has 0 radical (unpaired) electrons. The van der Waals surface area contributed by atoms with E-state index in [4.69, 9.17) is 10.3 Å². The molecule has 1 amide bonds. The van der Waals surface area contributed by atoms with Crippen molar-refractivity contribution < 1.29 is 9.32 Å². The molecule has 72 valence electrons. The van der Waals surface area contributed by atoms with Crippen LogP contribution in [0.5, 0.6) is 0 Å². The van der Waals surface area contributed by atoms with E-state index in [9.17, 15) is 4.79 Å². The summed E-state index contributed by atoms with van der Waals surface area (Å²) in [6, 6.07) is 0. The number of rotatable bonds is 4. The maximum atomic E-state index is 10.4. The smallest absolute Gasteiger partial charge is 0.231 e. The molecule has 0 saturated heterocycles. The van der Waals surface area contributed by atoms with Crippen molar-refractivity contribution in [3.05, 3.63) is 17.0 Å². The van der Waals surface area contributed by atoms with E-state index in [0.29, 0.717) is 6.54 Å². The normalized spacial score (nSPS) is 10.3. The Bertz CT molecular complexity index is 287. The van der Waals surface area contributed by atoms with Gasteiger partial charge in [0.05, 0.1) is 12.2 Å². The first-order valence-corrected chi connectivity index (χ1v) is 4.02. The van der Waals surface area contributed by atoms with E-state index in [1.54, 1.807) is 0 Å². The summed E-state index contributed by atoms with van der Waals surface area (Å²) in [5.41, 5.74) is 6.80. The van der Waals surface area contributed by atoms with E-state index < -0.39 is 0 Å². The molecule has 5 nitrogen and oxygen atoms in total. The molecule has 0 atom stereocenters. The van der Waals surface area contributed by atoms with Crippen molar-refractivity contribution in [2.75, 3.05) is 6.54 Å². The number of nitrogens with one attached hydrogen (secondary N) is 1. The summed E-state index contributed by atoms with van der Waals surface area (Å²) in [5.74, 6) is 0.404. The molecule has 0 aliphatic carbocycles. The molecule has 0 aliphatic heterocycles. The van der Waals surface area contributed by atoms with Gasteiger partial charge in [-0.05, 0) is 13.8 Å². The average Bonchev–Trinajstić information content (AvgIpc) is 2.34. The second-order valence-corrected chi connectivity index (χ2v) is 2.87. The summed E-state index contributed by atoms with van der Waals surface area (Å²) in [6.07, 6.45) is 0. The van der Waals surface area contributed by atoms with Gasteiger partial charge in [-0.15, -0.1) is 0 Å². The molecule has 1 heterocycles. The minimum absolute atomic E-state index is 0.171. The monoisotopic (exact) mass is 183 g/mol. The number of nitrogens with two attached hydrogens (primary N) is 1. The third-order valence-electron chi connectivity index (χ3n) is 1.78. The third-order valence-corrected chi connectivity index (χ3v) is 1.78. The summed E-state index contributed by atoms with van der Waals surface area (Å²) in [7, 11) is 0. The van der Waals surface area contributed by atoms with Crippen LogP contribution in [0.2, 0.25) is 0 Å². The second kappa shape index (κ2) is 4.04. The number of aryl methyl sites for hydroxylation is 2. The number of nitrogens with zero attached hydrogens (tertiary/aromatic N) is 1. The van der Waals surface area contributed by atoms with Crippen molar-refractivity contribution in [3.63, 3.8) is 0 Å². The van der Waals surface area contributed by atoms with Crippen molar-refractivity contribution in [3.8, 4) is 0 Å². The molecule has 0 saturated carbocycles. The van der Waals surface area contributed by atoms with Crippen LogP contribution in [0.4, 0.5) is 0 Å². The van der Waals surface area contributed by atoms with Gasteiger partial charge in [-0.2, -0.15) is 0 Å². The Morgan fingerprint density at radius 1 is 1.62 bits per heavy atom. The van der Waals surface area contributed by atoms with E-state index in [-0.39, 0.29) is 12.5 Å². The van der Waals surface area contributed by atoms with E-state index >= 15 is 0 Å². The molecular formula is C8H13N3O2. The molecule has 0 aliphatic rings. The number of carbonyl (C=O) groups is 1. The van der Waals surface area contributed by atoms with Gasteiger partial charge < -0.3 is 15.6 Å². The number of primary amides is 1. The van der Waals surface area contributed by atoms with Gasteiger partial charge in [-0.1, -0.05) is 5.16 Å². The molecule has 5 heteroatoms. The lowest BCUT2D eigenvalue weighted by Gasteiger charge is -2.00. The van der Waals surface area contributed by atoms with Crippen LogP contribution in [0.15, 0.2) is 4.52 Å². The highest BCUT2D eigenvalue weighted by molar-refractivity contribution is 5.75. The molecule has 0 fully saturated rings. The Morgan fingerprint density at radius 2 is 2.31 bits per heavy atom. The Hall–Kier alpha value is -1.36. The molecule has 3 N–H and O–H groups in total. The maximum Gasteiger partial charge on any atom is 0.231 e. The van der Waals surface area contributed by atoms with Crippen molar-refractivity contribution in [2.24, 2.45) is 5.73 Å². The molecule has 13 heavy (non-hydrogen) atoms. The van der Waals surface area contributed by atoms with Crippen LogP contribution >= 0.6 is 0 Å². The Morgan fingerprint density at radius 3 is 2.77 bits per heavy atom. The Labute approximate surface area is 76.3 Å². The molecule has 1 aromatic rings. The summed E-state index contributed by atoms with van der Waals surface area (Å²) >= 11 is 0. The topological polar surface area (TPSA) is 81.2 Å². The SMILES string of the molecule is Cc1noc(C)c1CNCC(N)=O. The van der Waals surface area contributed by atoms with Crippen molar-refractivity contribution >= 4 is 5.91 Å². The molecule has 0 spiro atoms. The Kier molecular flexibility index (Phi) is 3.02. The fourth-order valence-corrected chi connectivity index (χ4v) is 1.06. The fraction of sp³-hybridized carbons (Fsp3) is 0.500. The second-order valence-electron chi connectivity index (χ2n) is 2.87. The zero-order valence-corrected chi connectivity index (χ0v) is 7.76. The van der Waals surface area contributed by atoms with E-state index in [1.165, 1.54) is 0 Å². The molecular weight excluding hydrogens is 170 g/mol. The number of amides is 1. The van der Waals surface area contributed by atoms with Crippen molar-refractivity contribution in [1.29, 1.82) is 0 Å². The first-order chi connectivity index (χ1) is 6.11. The summed E-state index contributed by atoms with van der Waals surface area (Å²) in [6.45, 7) is 4.42. The van der Waals surface area contributed by atoms with Crippen molar-refractivity contribution in [2.45, 2.75) is 20.4 Å². The number of hydrogen-bond acceptors (Lipinski definition) is 4. The minimum Gasteiger partial charge on any atom is -0.369 e. The lowest BCUT2D eigenvalue weighted by molar-refractivity contribution is -0.117. The standard InChI is InChI=1S/C8H13N3O2/c1-5-7(6(2)13-11-5)3-10-4-8(9)12/h10H,3-4H2,1-2H3,(H2,9,12). The van der Waals surface area contributed by atoms with E-state index in [1.807, 2.05) is 13.8 Å². The van der Waals surface area contributed by atoms with Gasteiger partial charge in [0, 0.05) is 12.1 Å². The lowest BCUT2D eigenvalue weighted by atomic mass is 10.2. The quantitative estimate of drug-likeness (QED) is 0.681. The number of carbonyl (C=O) groups excluding carboxylic acids is 1. The van der Waals surface area contributed by atoms with Crippen LogP contribution in [0.3, 0.4) is 0 Å². The summed E-state index contributed by atoms with van der Waals surface area (Å²) < 4.78 is 4.95. The highest BCUT2D eigenvalue weighted by Crippen LogP contribution is 2.10. The largest absolute Gasteiger partial charge is 0.369 e. The number of aromatic nitrogens is 1. The minimum atomic E-state index is -0.369. The van der Waals surface area contributed by atoms with Gasteiger partial charge in [0.1, 0.15) is 5.76 Å². The zero-order valence-electron chi connectivity index (χ0n) is 7.76. The van der Waals surface area contributed by atoms with Crippen LogP contribution in [0.1, 0.15) is 17.0 Å². The van der Waals surface area contributed by atoms with Gasteiger partial charge in [0.15, 0.2) is 0 Å². The van der Waals surface area contributed by atoms with Gasteiger partial charge in [0.2, 0.25) is 5.91 Å². The fourth-order valence-electron chi connectivity index (χ4n) is 1.06. The lowest BCUT2D eigenvalue weighted by Crippen LogP contribution is -2.28. The predicted molar refractivity (Wildman–Crippen MR) is 46.9 cm³/mol. The van der Waals surface area contributed by atoms with Crippen LogP contribution in [0, 0.1) is 13.8 Å². The molecule has 1 rings (SSSR count). The van der Waals surface area contributed by atoms with E-state index in [2.05, 4.69) is 10.5 Å². The molecule has 0 bridgehead atoms. The summed E-state index contributed by atoms with van der Waals surface area (Å²) in [5, 5.41) is 6.68. The third kappa shape index (κ3) is 2.55. The summed E-state index contributed by atoms with van der Waals surface area (Å²) in [4.78, 5) is 10.4. The van der Waals surface area contributed by atoms with Gasteiger partial charge in [-0.3, -0.25) is 4.79 Å². The first-order valence-electron chi connectivity index (χ1n) is 4.02. The molecule has 0 unspecified atom stereocenters. The average molecular weight is 183 g/mol. The van der Waals surface area contributed by atoms with Crippen LogP contribution < -0.4 is 11.1 Å². The van der Waals surface area contributed by atoms with Crippen molar-refractivity contribution in [1.82, 2.24) is 10.5 Å².